The number of hydrogen-bond donors (Lipinski definition) is 1. The quantitative estimate of drug-likeness (QED) is 0.724. The molecule has 0 fully saturated rings. The van der Waals surface area contributed by atoms with Gasteiger partial charge in [0, 0.05) is 22.2 Å². The van der Waals surface area contributed by atoms with Crippen molar-refractivity contribution in [3.63, 3.8) is 0 Å². The van der Waals surface area contributed by atoms with Gasteiger partial charge in [-0.2, -0.15) is 0 Å². The largest absolute Gasteiger partial charge is 0.383 e. The van der Waals surface area contributed by atoms with Crippen molar-refractivity contribution >= 4 is 28.5 Å². The predicted octanol–water partition coefficient (Wildman–Crippen LogP) is 3.53. The molecule has 88 valence electrons. The Kier molecular flexibility index (Phi) is 2.61. The van der Waals surface area contributed by atoms with Gasteiger partial charge in [0.1, 0.15) is 5.82 Å². The molecule has 0 aliphatic carbocycles. The third-order valence-electron chi connectivity index (χ3n) is 2.75. The van der Waals surface area contributed by atoms with E-state index in [4.69, 9.17) is 17.3 Å². The zero-order chi connectivity index (χ0) is 12.5. The third-order valence-corrected chi connectivity index (χ3v) is 2.99. The van der Waals surface area contributed by atoms with Crippen LogP contribution in [0.5, 0.6) is 0 Å². The van der Waals surface area contributed by atoms with Gasteiger partial charge in [-0.15, -0.1) is 0 Å². The molecule has 0 bridgehead atoms. The average molecular weight is 256 g/mol. The molecule has 0 atom stereocenters. The second-order valence-corrected chi connectivity index (χ2v) is 4.42. The molecule has 0 saturated carbocycles. The Balaban J connectivity index is 2.26. The molecule has 3 rings (SSSR count). The second kappa shape index (κ2) is 4.27. The van der Waals surface area contributed by atoms with Crippen LogP contribution < -0.4 is 5.73 Å². The molecular weight excluding hydrogens is 246 g/mol. The lowest BCUT2D eigenvalue weighted by atomic mass is 10.1. The van der Waals surface area contributed by atoms with Gasteiger partial charge in [-0.1, -0.05) is 23.7 Å². The number of rotatable bonds is 1. The first-order valence-corrected chi connectivity index (χ1v) is 5.89. The minimum atomic E-state index is 0.462. The highest BCUT2D eigenvalue weighted by Gasteiger charge is 2.07. The van der Waals surface area contributed by atoms with E-state index in [-0.39, 0.29) is 0 Å². The molecular formula is C14H10ClN3. The fourth-order valence-corrected chi connectivity index (χ4v) is 2.10. The first kappa shape index (κ1) is 11.0. The fourth-order valence-electron chi connectivity index (χ4n) is 1.91. The third kappa shape index (κ3) is 1.89. The van der Waals surface area contributed by atoms with Gasteiger partial charge >= 0.3 is 0 Å². The summed E-state index contributed by atoms with van der Waals surface area (Å²) >= 11 is 5.99. The van der Waals surface area contributed by atoms with E-state index in [1.54, 1.807) is 6.20 Å². The maximum absolute atomic E-state index is 5.99. The van der Waals surface area contributed by atoms with Gasteiger partial charge < -0.3 is 5.73 Å². The summed E-state index contributed by atoms with van der Waals surface area (Å²) in [5, 5.41) is 1.64. The number of benzene rings is 1. The van der Waals surface area contributed by atoms with Gasteiger partial charge in [-0.3, -0.25) is 0 Å². The van der Waals surface area contributed by atoms with Crippen molar-refractivity contribution in [2.24, 2.45) is 0 Å². The molecule has 0 radical (unpaired) electrons. The summed E-state index contributed by atoms with van der Waals surface area (Å²) in [6.45, 7) is 0. The van der Waals surface area contributed by atoms with E-state index in [2.05, 4.69) is 9.97 Å². The summed E-state index contributed by atoms with van der Waals surface area (Å²) in [5.41, 5.74) is 8.46. The molecule has 2 aromatic heterocycles. The van der Waals surface area contributed by atoms with Gasteiger partial charge in [-0.05, 0) is 35.9 Å². The van der Waals surface area contributed by atoms with Gasteiger partial charge in [0.15, 0.2) is 5.65 Å². The zero-order valence-corrected chi connectivity index (χ0v) is 10.2. The van der Waals surface area contributed by atoms with Crippen LogP contribution in [0.1, 0.15) is 0 Å². The molecule has 0 aliphatic rings. The van der Waals surface area contributed by atoms with E-state index >= 15 is 0 Å². The number of aromatic nitrogens is 2. The number of pyridine rings is 2. The molecule has 4 heteroatoms. The number of nitrogen functional groups attached to an aromatic ring is 1. The fraction of sp³-hybridized carbons (Fsp3) is 0. The minimum absolute atomic E-state index is 0.462. The summed E-state index contributed by atoms with van der Waals surface area (Å²) in [5.74, 6) is 0.462. The SMILES string of the molecule is Nc1nc2ncccc2cc1-c1cccc(Cl)c1. The molecule has 18 heavy (non-hydrogen) atoms. The summed E-state index contributed by atoms with van der Waals surface area (Å²) in [6, 6.07) is 13.4. The molecule has 1 aromatic carbocycles. The highest BCUT2D eigenvalue weighted by Crippen LogP contribution is 2.29. The number of nitrogens with zero attached hydrogens (tertiary/aromatic N) is 2. The van der Waals surface area contributed by atoms with E-state index in [0.717, 1.165) is 16.5 Å². The van der Waals surface area contributed by atoms with Crippen molar-refractivity contribution < 1.29 is 0 Å². The van der Waals surface area contributed by atoms with Crippen LogP contribution in [0.2, 0.25) is 5.02 Å². The Bertz CT molecular complexity index is 725. The molecule has 0 aliphatic heterocycles. The maximum atomic E-state index is 5.99. The summed E-state index contributed by atoms with van der Waals surface area (Å²) in [4.78, 5) is 8.48. The van der Waals surface area contributed by atoms with Gasteiger partial charge in [-0.25, -0.2) is 9.97 Å². The number of halogens is 1. The van der Waals surface area contributed by atoms with Crippen molar-refractivity contribution in [1.29, 1.82) is 0 Å². The Morgan fingerprint density at radius 2 is 1.94 bits per heavy atom. The number of fused-ring (bicyclic) bond motifs is 1. The molecule has 2 heterocycles. The lowest BCUT2D eigenvalue weighted by Crippen LogP contribution is -1.96. The van der Waals surface area contributed by atoms with Gasteiger partial charge in [0.25, 0.3) is 0 Å². The van der Waals surface area contributed by atoms with Crippen molar-refractivity contribution in [2.75, 3.05) is 5.73 Å². The molecule has 2 N–H and O–H groups in total. The normalized spacial score (nSPS) is 10.7. The monoisotopic (exact) mass is 255 g/mol. The van der Waals surface area contributed by atoms with Crippen molar-refractivity contribution in [3.8, 4) is 11.1 Å². The predicted molar refractivity (Wildman–Crippen MR) is 74.4 cm³/mol. The van der Waals surface area contributed by atoms with Crippen LogP contribution in [0.25, 0.3) is 22.2 Å². The van der Waals surface area contributed by atoms with Crippen LogP contribution in [0.4, 0.5) is 5.82 Å². The molecule has 3 nitrogen and oxygen atoms in total. The van der Waals surface area contributed by atoms with E-state index in [1.807, 2.05) is 42.5 Å². The van der Waals surface area contributed by atoms with Crippen molar-refractivity contribution in [3.05, 3.63) is 53.7 Å². The van der Waals surface area contributed by atoms with E-state index in [0.29, 0.717) is 16.5 Å². The molecule has 0 unspecified atom stereocenters. The first-order valence-electron chi connectivity index (χ1n) is 5.51. The van der Waals surface area contributed by atoms with E-state index in [1.165, 1.54) is 0 Å². The van der Waals surface area contributed by atoms with Crippen LogP contribution in [0.3, 0.4) is 0 Å². The zero-order valence-electron chi connectivity index (χ0n) is 9.47. The van der Waals surface area contributed by atoms with Gasteiger partial charge in [0.2, 0.25) is 0 Å². The number of hydrogen-bond acceptors (Lipinski definition) is 3. The summed E-state index contributed by atoms with van der Waals surface area (Å²) in [7, 11) is 0. The minimum Gasteiger partial charge on any atom is -0.383 e. The Morgan fingerprint density at radius 1 is 1.06 bits per heavy atom. The summed E-state index contributed by atoms with van der Waals surface area (Å²) in [6.07, 6.45) is 1.70. The van der Waals surface area contributed by atoms with E-state index in [9.17, 15) is 0 Å². The summed E-state index contributed by atoms with van der Waals surface area (Å²) < 4.78 is 0. The Labute approximate surface area is 109 Å². The van der Waals surface area contributed by atoms with Crippen LogP contribution in [-0.2, 0) is 0 Å². The van der Waals surface area contributed by atoms with Gasteiger partial charge in [0.05, 0.1) is 0 Å². The lowest BCUT2D eigenvalue weighted by Gasteiger charge is -2.07. The van der Waals surface area contributed by atoms with Crippen LogP contribution >= 0.6 is 11.6 Å². The molecule has 0 saturated heterocycles. The van der Waals surface area contributed by atoms with Crippen LogP contribution in [0.15, 0.2) is 48.7 Å². The standard InChI is InChI=1S/C14H10ClN3/c15-11-5-1-3-9(7-11)12-8-10-4-2-6-17-14(10)18-13(12)16/h1-8H,(H2,16,17,18). The van der Waals surface area contributed by atoms with Crippen LogP contribution in [0, 0.1) is 0 Å². The maximum Gasteiger partial charge on any atom is 0.161 e. The smallest absolute Gasteiger partial charge is 0.161 e. The van der Waals surface area contributed by atoms with Crippen molar-refractivity contribution in [2.45, 2.75) is 0 Å². The van der Waals surface area contributed by atoms with Crippen LogP contribution in [-0.4, -0.2) is 9.97 Å². The Morgan fingerprint density at radius 3 is 2.78 bits per heavy atom. The van der Waals surface area contributed by atoms with E-state index < -0.39 is 0 Å². The molecule has 0 spiro atoms. The topological polar surface area (TPSA) is 51.8 Å². The van der Waals surface area contributed by atoms with Crippen molar-refractivity contribution in [1.82, 2.24) is 9.97 Å². The highest BCUT2D eigenvalue weighted by molar-refractivity contribution is 6.30. The highest BCUT2D eigenvalue weighted by atomic mass is 35.5. The molecule has 3 aromatic rings. The first-order chi connectivity index (χ1) is 8.74. The second-order valence-electron chi connectivity index (χ2n) is 3.98. The number of anilines is 1. The Hall–Kier alpha value is -2.13. The lowest BCUT2D eigenvalue weighted by molar-refractivity contribution is 1.29. The average Bonchev–Trinajstić information content (AvgIpc) is 2.38. The number of nitrogens with two attached hydrogens (primary N) is 1. The molecule has 0 amide bonds.